The van der Waals surface area contributed by atoms with Crippen LogP contribution in [-0.2, 0) is 6.54 Å². The van der Waals surface area contributed by atoms with E-state index in [2.05, 4.69) is 15.5 Å². The van der Waals surface area contributed by atoms with E-state index in [4.69, 9.17) is 0 Å². The first-order valence-electron chi connectivity index (χ1n) is 10.2. The number of anilines is 1. The molecule has 0 radical (unpaired) electrons. The minimum absolute atomic E-state index is 0.124. The fourth-order valence-electron chi connectivity index (χ4n) is 4.73. The minimum Gasteiger partial charge on any atom is -0.335 e. The molecule has 4 rings (SSSR count). The van der Waals surface area contributed by atoms with Crippen molar-refractivity contribution in [1.29, 1.82) is 0 Å². The Morgan fingerprint density at radius 3 is 2.50 bits per heavy atom. The first-order valence-corrected chi connectivity index (χ1v) is 10.2. The molecule has 5 heteroatoms. The van der Waals surface area contributed by atoms with E-state index < -0.39 is 0 Å². The molecule has 2 aromatic carbocycles. The molecule has 4 nitrogen and oxygen atoms in total. The summed E-state index contributed by atoms with van der Waals surface area (Å²) in [6, 6.07) is 15.7. The molecule has 2 amide bonds. The number of aryl methyl sites for hydroxylation is 1. The predicted octanol–water partition coefficient (Wildman–Crippen LogP) is 4.84. The van der Waals surface area contributed by atoms with Gasteiger partial charge in [0.15, 0.2) is 0 Å². The lowest BCUT2D eigenvalue weighted by atomic mass is 9.81. The number of piperidine rings is 2. The molecular weight excluding hydrogens is 353 g/mol. The number of halogens is 1. The Hall–Kier alpha value is -2.40. The van der Waals surface area contributed by atoms with E-state index in [-0.39, 0.29) is 17.9 Å². The Morgan fingerprint density at radius 2 is 1.82 bits per heavy atom. The van der Waals surface area contributed by atoms with Crippen molar-refractivity contribution in [3.05, 3.63) is 65.5 Å². The van der Waals surface area contributed by atoms with Crippen LogP contribution in [0.5, 0.6) is 0 Å². The monoisotopic (exact) mass is 381 g/mol. The lowest BCUT2D eigenvalue weighted by molar-refractivity contribution is 0.0200. The van der Waals surface area contributed by atoms with Crippen LogP contribution in [0.25, 0.3) is 0 Å². The summed E-state index contributed by atoms with van der Waals surface area (Å²) in [5.41, 5.74) is 3.11. The zero-order chi connectivity index (χ0) is 19.5. The van der Waals surface area contributed by atoms with E-state index in [1.165, 1.54) is 18.6 Å². The third-order valence-electron chi connectivity index (χ3n) is 6.02. The first-order chi connectivity index (χ1) is 13.6. The zero-order valence-corrected chi connectivity index (χ0v) is 16.3. The molecule has 28 heavy (non-hydrogen) atoms. The normalized spacial score (nSPS) is 24.6. The van der Waals surface area contributed by atoms with Crippen LogP contribution in [0.3, 0.4) is 0 Å². The molecule has 148 valence electrons. The molecule has 0 saturated carbocycles. The molecule has 0 aromatic heterocycles. The SMILES string of the molecule is Cc1cccc(NC(=O)NC2C[C@H]3CCC[C@H](C2)N3Cc2ccc(F)cc2)c1. The van der Waals surface area contributed by atoms with Crippen molar-refractivity contribution in [3.8, 4) is 0 Å². The molecule has 2 N–H and O–H groups in total. The third kappa shape index (κ3) is 4.53. The van der Waals surface area contributed by atoms with Crippen LogP contribution in [0.2, 0.25) is 0 Å². The molecule has 0 aliphatic carbocycles. The van der Waals surface area contributed by atoms with Crippen LogP contribution >= 0.6 is 0 Å². The highest BCUT2D eigenvalue weighted by molar-refractivity contribution is 5.89. The standard InChI is InChI=1S/C23H28FN3O/c1-16-4-2-5-19(12-16)25-23(28)26-20-13-21-6-3-7-22(14-20)27(21)15-17-8-10-18(24)11-9-17/h2,4-5,8-12,20-22H,3,6-7,13-15H2,1H3,(H2,25,26,28)/t21-,22-/m1/s1. The fourth-order valence-corrected chi connectivity index (χ4v) is 4.73. The fraction of sp³-hybridized carbons (Fsp3) is 0.435. The van der Waals surface area contributed by atoms with Crippen LogP contribution in [-0.4, -0.2) is 29.1 Å². The zero-order valence-electron chi connectivity index (χ0n) is 16.3. The van der Waals surface area contributed by atoms with Gasteiger partial charge in [0.2, 0.25) is 0 Å². The Bertz CT molecular complexity index is 809. The van der Waals surface area contributed by atoms with Gasteiger partial charge in [0, 0.05) is 30.4 Å². The van der Waals surface area contributed by atoms with Gasteiger partial charge in [-0.25, -0.2) is 9.18 Å². The summed E-state index contributed by atoms with van der Waals surface area (Å²) in [6.07, 6.45) is 5.51. The van der Waals surface area contributed by atoms with Crippen molar-refractivity contribution in [2.24, 2.45) is 0 Å². The maximum Gasteiger partial charge on any atom is 0.319 e. The smallest absolute Gasteiger partial charge is 0.319 e. The largest absolute Gasteiger partial charge is 0.335 e. The Balaban J connectivity index is 1.36. The minimum atomic E-state index is -0.188. The van der Waals surface area contributed by atoms with Crippen molar-refractivity contribution < 1.29 is 9.18 Å². The van der Waals surface area contributed by atoms with Gasteiger partial charge >= 0.3 is 6.03 Å². The number of urea groups is 1. The Kier molecular flexibility index (Phi) is 5.62. The van der Waals surface area contributed by atoms with Crippen LogP contribution < -0.4 is 10.6 Å². The lowest BCUT2D eigenvalue weighted by Gasteiger charge is -2.49. The Labute approximate surface area is 166 Å². The second-order valence-electron chi connectivity index (χ2n) is 8.17. The molecule has 0 spiro atoms. The molecule has 2 aliphatic heterocycles. The van der Waals surface area contributed by atoms with E-state index in [0.717, 1.165) is 49.0 Å². The average molecular weight is 381 g/mol. The number of carbonyl (C=O) groups excluding carboxylic acids is 1. The Morgan fingerprint density at radius 1 is 1.11 bits per heavy atom. The van der Waals surface area contributed by atoms with E-state index in [0.29, 0.717) is 12.1 Å². The highest BCUT2D eigenvalue weighted by atomic mass is 19.1. The highest BCUT2D eigenvalue weighted by Crippen LogP contribution is 2.35. The summed E-state index contributed by atoms with van der Waals surface area (Å²) in [5.74, 6) is -0.188. The second kappa shape index (κ2) is 8.31. The third-order valence-corrected chi connectivity index (χ3v) is 6.02. The van der Waals surface area contributed by atoms with Gasteiger partial charge in [0.1, 0.15) is 5.82 Å². The number of hydrogen-bond donors (Lipinski definition) is 2. The summed E-state index contributed by atoms with van der Waals surface area (Å²) >= 11 is 0. The second-order valence-corrected chi connectivity index (χ2v) is 8.17. The number of rotatable bonds is 4. The van der Waals surface area contributed by atoms with E-state index in [9.17, 15) is 9.18 Å². The van der Waals surface area contributed by atoms with Gasteiger partial charge < -0.3 is 10.6 Å². The lowest BCUT2D eigenvalue weighted by Crippen LogP contribution is -2.56. The maximum atomic E-state index is 13.2. The van der Waals surface area contributed by atoms with Crippen molar-refractivity contribution in [2.45, 2.75) is 63.7 Å². The van der Waals surface area contributed by atoms with E-state index >= 15 is 0 Å². The average Bonchev–Trinajstić information content (AvgIpc) is 2.64. The van der Waals surface area contributed by atoms with Crippen molar-refractivity contribution in [1.82, 2.24) is 10.2 Å². The molecule has 2 aliphatic rings. The van der Waals surface area contributed by atoms with Gasteiger partial charge in [0.25, 0.3) is 0 Å². The van der Waals surface area contributed by atoms with E-state index in [1.807, 2.05) is 43.3 Å². The molecule has 2 bridgehead atoms. The van der Waals surface area contributed by atoms with E-state index in [1.54, 1.807) is 0 Å². The van der Waals surface area contributed by atoms with Gasteiger partial charge in [-0.1, -0.05) is 30.7 Å². The van der Waals surface area contributed by atoms with Crippen molar-refractivity contribution in [3.63, 3.8) is 0 Å². The van der Waals surface area contributed by atoms with Crippen LogP contribution in [0.1, 0.15) is 43.2 Å². The van der Waals surface area contributed by atoms with Gasteiger partial charge in [-0.2, -0.15) is 0 Å². The number of benzene rings is 2. The number of fused-ring (bicyclic) bond motifs is 2. The van der Waals surface area contributed by atoms with Gasteiger partial charge in [-0.05, 0) is 68.0 Å². The number of carbonyl (C=O) groups is 1. The summed E-state index contributed by atoms with van der Waals surface area (Å²) in [6.45, 7) is 2.87. The number of nitrogens with one attached hydrogen (secondary N) is 2. The molecular formula is C23H28FN3O. The number of amides is 2. The quantitative estimate of drug-likeness (QED) is 0.796. The van der Waals surface area contributed by atoms with Gasteiger partial charge in [-0.15, -0.1) is 0 Å². The summed E-state index contributed by atoms with van der Waals surface area (Å²) < 4.78 is 13.2. The van der Waals surface area contributed by atoms with Crippen LogP contribution in [0, 0.1) is 12.7 Å². The maximum absolute atomic E-state index is 13.2. The molecule has 2 aromatic rings. The van der Waals surface area contributed by atoms with Crippen molar-refractivity contribution in [2.75, 3.05) is 5.32 Å². The van der Waals surface area contributed by atoms with Crippen LogP contribution in [0.4, 0.5) is 14.9 Å². The summed E-state index contributed by atoms with van der Waals surface area (Å²) in [4.78, 5) is 15.0. The summed E-state index contributed by atoms with van der Waals surface area (Å²) in [7, 11) is 0. The molecule has 2 fully saturated rings. The van der Waals surface area contributed by atoms with Crippen LogP contribution in [0.15, 0.2) is 48.5 Å². The van der Waals surface area contributed by atoms with Gasteiger partial charge in [0.05, 0.1) is 0 Å². The summed E-state index contributed by atoms with van der Waals surface area (Å²) in [5, 5.41) is 6.13. The number of hydrogen-bond acceptors (Lipinski definition) is 2. The van der Waals surface area contributed by atoms with Crippen molar-refractivity contribution >= 4 is 11.7 Å². The molecule has 2 heterocycles. The predicted molar refractivity (Wildman–Crippen MR) is 110 cm³/mol. The highest BCUT2D eigenvalue weighted by Gasteiger charge is 2.38. The van der Waals surface area contributed by atoms with Gasteiger partial charge in [-0.3, -0.25) is 4.90 Å². The molecule has 2 saturated heterocycles. The topological polar surface area (TPSA) is 44.4 Å². The molecule has 2 atom stereocenters. The molecule has 0 unspecified atom stereocenters. The first kappa shape index (κ1) is 18.9. The number of nitrogens with zero attached hydrogens (tertiary/aromatic N) is 1.